The Hall–Kier alpha value is -1.43. The summed E-state index contributed by atoms with van der Waals surface area (Å²) in [6.45, 7) is 7.95. The van der Waals surface area contributed by atoms with Crippen LogP contribution >= 0.6 is 22.9 Å². The van der Waals surface area contributed by atoms with E-state index in [-0.39, 0.29) is 5.91 Å². The number of halogens is 1. The van der Waals surface area contributed by atoms with Gasteiger partial charge in [-0.05, 0) is 13.8 Å². The van der Waals surface area contributed by atoms with E-state index in [1.807, 2.05) is 36.9 Å². The van der Waals surface area contributed by atoms with E-state index in [4.69, 9.17) is 16.6 Å². The Morgan fingerprint density at radius 3 is 2.52 bits per heavy atom. The van der Waals surface area contributed by atoms with E-state index in [0.29, 0.717) is 5.88 Å². The van der Waals surface area contributed by atoms with E-state index in [1.54, 1.807) is 11.3 Å². The van der Waals surface area contributed by atoms with E-state index in [0.717, 1.165) is 49.0 Å². The summed E-state index contributed by atoms with van der Waals surface area (Å²) in [7, 11) is 0. The maximum absolute atomic E-state index is 12.5. The Labute approximate surface area is 158 Å². The molecule has 1 aliphatic heterocycles. The average Bonchev–Trinajstić information content (AvgIpc) is 3.11. The van der Waals surface area contributed by atoms with E-state index < -0.39 is 5.41 Å². The minimum atomic E-state index is -0.483. The molecule has 3 rings (SSSR count). The molecule has 0 spiro atoms. The van der Waals surface area contributed by atoms with Crippen LogP contribution < -0.4 is 0 Å². The number of aromatic nitrogens is 1. The summed E-state index contributed by atoms with van der Waals surface area (Å²) >= 11 is 7.63. The fourth-order valence-corrected chi connectivity index (χ4v) is 3.87. The van der Waals surface area contributed by atoms with Crippen LogP contribution in [0.25, 0.3) is 11.3 Å². The van der Waals surface area contributed by atoms with Crippen molar-refractivity contribution in [2.45, 2.75) is 20.4 Å². The van der Waals surface area contributed by atoms with Crippen molar-refractivity contribution in [3.8, 4) is 11.3 Å². The minimum absolute atomic E-state index is 0.155. The standard InChI is InChI=1S/C19H24ClN3OS/c1-19(2,14-20)18(24)23-10-8-22(9-11-23)12-17-21-16(13-25-17)15-6-4-3-5-7-15/h3-7,13H,8-12,14H2,1-2H3. The molecular formula is C19H24ClN3OS. The minimum Gasteiger partial charge on any atom is -0.340 e. The fourth-order valence-electron chi connectivity index (χ4n) is 2.91. The Kier molecular flexibility index (Phi) is 5.77. The van der Waals surface area contributed by atoms with Gasteiger partial charge in [0.25, 0.3) is 0 Å². The van der Waals surface area contributed by atoms with Gasteiger partial charge in [0.2, 0.25) is 5.91 Å². The summed E-state index contributed by atoms with van der Waals surface area (Å²) in [6.07, 6.45) is 0. The first-order chi connectivity index (χ1) is 12.0. The molecule has 0 N–H and O–H groups in total. The van der Waals surface area contributed by atoms with Gasteiger partial charge in [-0.25, -0.2) is 4.98 Å². The number of carbonyl (C=O) groups is 1. The Bertz CT molecular complexity index is 708. The van der Waals surface area contributed by atoms with Gasteiger partial charge in [0.1, 0.15) is 5.01 Å². The highest BCUT2D eigenvalue weighted by molar-refractivity contribution is 7.09. The van der Waals surface area contributed by atoms with Crippen LogP contribution in [0.2, 0.25) is 0 Å². The first kappa shape index (κ1) is 18.4. The number of nitrogens with zero attached hydrogens (tertiary/aromatic N) is 3. The highest BCUT2D eigenvalue weighted by Crippen LogP contribution is 2.24. The second-order valence-electron chi connectivity index (χ2n) is 7.08. The van der Waals surface area contributed by atoms with Crippen molar-refractivity contribution in [3.63, 3.8) is 0 Å². The lowest BCUT2D eigenvalue weighted by atomic mass is 9.94. The summed E-state index contributed by atoms with van der Waals surface area (Å²) in [5.41, 5.74) is 1.71. The van der Waals surface area contributed by atoms with Crippen LogP contribution in [0.1, 0.15) is 18.9 Å². The molecule has 0 bridgehead atoms. The van der Waals surface area contributed by atoms with E-state index >= 15 is 0 Å². The number of hydrogen-bond donors (Lipinski definition) is 0. The Morgan fingerprint density at radius 1 is 1.20 bits per heavy atom. The van der Waals surface area contributed by atoms with Crippen LogP contribution in [0.5, 0.6) is 0 Å². The smallest absolute Gasteiger partial charge is 0.229 e. The lowest BCUT2D eigenvalue weighted by molar-refractivity contribution is -0.141. The van der Waals surface area contributed by atoms with Crippen molar-refractivity contribution < 1.29 is 4.79 Å². The first-order valence-electron chi connectivity index (χ1n) is 8.57. The van der Waals surface area contributed by atoms with Gasteiger partial charge in [-0.15, -0.1) is 22.9 Å². The molecule has 2 aromatic rings. The second kappa shape index (κ2) is 7.85. The van der Waals surface area contributed by atoms with Crippen molar-refractivity contribution in [1.82, 2.24) is 14.8 Å². The molecule has 0 radical (unpaired) electrons. The third kappa shape index (κ3) is 4.40. The topological polar surface area (TPSA) is 36.4 Å². The van der Waals surface area contributed by atoms with Crippen molar-refractivity contribution in [3.05, 3.63) is 40.7 Å². The van der Waals surface area contributed by atoms with Gasteiger partial charge in [-0.2, -0.15) is 0 Å². The molecule has 25 heavy (non-hydrogen) atoms. The van der Waals surface area contributed by atoms with Gasteiger partial charge in [0, 0.05) is 43.0 Å². The number of carbonyl (C=O) groups excluding carboxylic acids is 1. The number of thiazole rings is 1. The molecule has 4 nitrogen and oxygen atoms in total. The molecule has 1 saturated heterocycles. The van der Waals surface area contributed by atoms with Crippen molar-refractivity contribution in [2.75, 3.05) is 32.1 Å². The fraction of sp³-hybridized carbons (Fsp3) is 0.474. The van der Waals surface area contributed by atoms with Crippen LogP contribution in [-0.4, -0.2) is 52.8 Å². The molecule has 0 atom stereocenters. The normalized spacial score (nSPS) is 16.2. The molecular weight excluding hydrogens is 354 g/mol. The largest absolute Gasteiger partial charge is 0.340 e. The van der Waals surface area contributed by atoms with Crippen LogP contribution in [0.15, 0.2) is 35.7 Å². The predicted octanol–water partition coefficient (Wildman–Crippen LogP) is 3.72. The lowest BCUT2D eigenvalue weighted by Gasteiger charge is -2.37. The molecule has 0 saturated carbocycles. The van der Waals surface area contributed by atoms with Gasteiger partial charge in [0.05, 0.1) is 17.7 Å². The van der Waals surface area contributed by atoms with E-state index in [1.165, 1.54) is 0 Å². The average molecular weight is 378 g/mol. The zero-order valence-corrected chi connectivity index (χ0v) is 16.3. The van der Waals surface area contributed by atoms with Crippen molar-refractivity contribution in [2.24, 2.45) is 5.41 Å². The summed E-state index contributed by atoms with van der Waals surface area (Å²) in [5, 5.41) is 3.24. The molecule has 1 aromatic carbocycles. The summed E-state index contributed by atoms with van der Waals surface area (Å²) in [6, 6.07) is 10.3. The van der Waals surface area contributed by atoms with Gasteiger partial charge >= 0.3 is 0 Å². The third-order valence-corrected chi connectivity index (χ3v) is 6.05. The Balaban J connectivity index is 1.55. The summed E-state index contributed by atoms with van der Waals surface area (Å²) in [4.78, 5) is 21.6. The third-order valence-electron chi connectivity index (χ3n) is 4.55. The molecule has 1 aromatic heterocycles. The van der Waals surface area contributed by atoms with Gasteiger partial charge in [-0.3, -0.25) is 9.69 Å². The maximum Gasteiger partial charge on any atom is 0.229 e. The maximum atomic E-state index is 12.5. The molecule has 0 unspecified atom stereocenters. The van der Waals surface area contributed by atoms with Gasteiger partial charge < -0.3 is 4.90 Å². The molecule has 0 aliphatic carbocycles. The first-order valence-corrected chi connectivity index (χ1v) is 9.98. The number of benzene rings is 1. The molecule has 2 heterocycles. The molecule has 1 amide bonds. The molecule has 134 valence electrons. The zero-order valence-electron chi connectivity index (χ0n) is 14.7. The highest BCUT2D eigenvalue weighted by Gasteiger charge is 2.32. The summed E-state index contributed by atoms with van der Waals surface area (Å²) in [5.74, 6) is 0.510. The van der Waals surface area contributed by atoms with Gasteiger partial charge in [-0.1, -0.05) is 30.3 Å². The van der Waals surface area contributed by atoms with E-state index in [2.05, 4.69) is 22.4 Å². The number of amides is 1. The monoisotopic (exact) mass is 377 g/mol. The quantitative estimate of drug-likeness (QED) is 0.745. The highest BCUT2D eigenvalue weighted by atomic mass is 35.5. The van der Waals surface area contributed by atoms with Crippen molar-refractivity contribution >= 4 is 28.8 Å². The van der Waals surface area contributed by atoms with E-state index in [9.17, 15) is 4.79 Å². The van der Waals surface area contributed by atoms with Crippen LogP contribution in [0, 0.1) is 5.41 Å². The predicted molar refractivity (Wildman–Crippen MR) is 104 cm³/mol. The molecule has 1 aliphatic rings. The molecule has 1 fully saturated rings. The Morgan fingerprint density at radius 2 is 1.88 bits per heavy atom. The van der Waals surface area contributed by atoms with Gasteiger partial charge in [0.15, 0.2) is 0 Å². The zero-order chi connectivity index (χ0) is 17.9. The number of hydrogen-bond acceptors (Lipinski definition) is 4. The SMILES string of the molecule is CC(C)(CCl)C(=O)N1CCN(Cc2nc(-c3ccccc3)cs2)CC1. The lowest BCUT2D eigenvalue weighted by Crippen LogP contribution is -2.52. The number of alkyl halides is 1. The van der Waals surface area contributed by atoms with Crippen LogP contribution in [0.3, 0.4) is 0 Å². The van der Waals surface area contributed by atoms with Crippen LogP contribution in [-0.2, 0) is 11.3 Å². The summed E-state index contributed by atoms with van der Waals surface area (Å²) < 4.78 is 0. The number of piperazine rings is 1. The number of rotatable bonds is 5. The van der Waals surface area contributed by atoms with Crippen molar-refractivity contribution in [1.29, 1.82) is 0 Å². The van der Waals surface area contributed by atoms with Crippen LogP contribution in [0.4, 0.5) is 0 Å². The molecule has 6 heteroatoms. The second-order valence-corrected chi connectivity index (χ2v) is 8.29.